The second-order valence-electron chi connectivity index (χ2n) is 9.70. The molecule has 41 heavy (non-hydrogen) atoms. The summed E-state index contributed by atoms with van der Waals surface area (Å²) in [5, 5.41) is 27.5. The number of benzene rings is 1. The molecule has 2 N–H and O–H groups in total. The average Bonchev–Trinajstić information content (AvgIpc) is 3.56. The maximum Gasteiger partial charge on any atom is 0.434 e. The second-order valence-corrected chi connectivity index (χ2v) is 10.5. The molecule has 1 aliphatic rings. The van der Waals surface area contributed by atoms with Crippen LogP contribution in [0.15, 0.2) is 47.2 Å². The summed E-state index contributed by atoms with van der Waals surface area (Å²) >= 11 is 11.9. The topological polar surface area (TPSA) is 130 Å². The van der Waals surface area contributed by atoms with E-state index in [1.807, 2.05) is 4.90 Å². The molecule has 0 saturated carbocycles. The van der Waals surface area contributed by atoms with E-state index in [1.165, 1.54) is 6.07 Å². The number of piperidine rings is 1. The fraction of sp³-hybridized carbons (Fsp3) is 0.346. The van der Waals surface area contributed by atoms with Crippen molar-refractivity contribution in [2.45, 2.75) is 31.5 Å². The predicted molar refractivity (Wildman–Crippen MR) is 141 cm³/mol. The van der Waals surface area contributed by atoms with Gasteiger partial charge in [-0.25, -0.2) is 9.67 Å². The molecule has 0 spiro atoms. The number of pyridine rings is 1. The third kappa shape index (κ3) is 6.53. The zero-order valence-corrected chi connectivity index (χ0v) is 22.7. The highest BCUT2D eigenvalue weighted by Crippen LogP contribution is 2.39. The molecule has 0 bridgehead atoms. The molecule has 0 aliphatic carbocycles. The van der Waals surface area contributed by atoms with Crippen LogP contribution in [0.2, 0.25) is 10.0 Å². The van der Waals surface area contributed by atoms with Crippen molar-refractivity contribution >= 4 is 29.2 Å². The number of aliphatic hydroxyl groups excluding tert-OH is 1. The lowest BCUT2D eigenvalue weighted by atomic mass is 9.94. The van der Waals surface area contributed by atoms with Gasteiger partial charge in [0.1, 0.15) is 0 Å². The van der Waals surface area contributed by atoms with Gasteiger partial charge in [0.2, 0.25) is 5.82 Å². The van der Waals surface area contributed by atoms with Gasteiger partial charge in [-0.05, 0) is 36.9 Å². The third-order valence-electron chi connectivity index (χ3n) is 6.73. The minimum atomic E-state index is -4.87. The van der Waals surface area contributed by atoms with Gasteiger partial charge in [0.05, 0.1) is 27.9 Å². The SMILES string of the molecule is O=C(O)C[C@H]1CCCN(CC(O)c2ccc(-c3noc(-c4cnn(-c5ncc(Cl)cc5Cl)c4C(F)(F)F)n3)cc2)C1. The molecule has 10 nitrogen and oxygen atoms in total. The number of nitrogens with zero attached hydrogens (tertiary/aromatic N) is 6. The monoisotopic (exact) mass is 610 g/mol. The number of β-amino-alcohol motifs (C(OH)–C–C–N with tert-alkyl or cyclic N) is 1. The van der Waals surface area contributed by atoms with Crippen molar-refractivity contribution in [3.63, 3.8) is 0 Å². The van der Waals surface area contributed by atoms with E-state index in [-0.39, 0.29) is 34.0 Å². The van der Waals surface area contributed by atoms with Crippen LogP contribution < -0.4 is 0 Å². The van der Waals surface area contributed by atoms with E-state index in [0.717, 1.165) is 31.8 Å². The van der Waals surface area contributed by atoms with Crippen LogP contribution in [-0.4, -0.2) is 65.6 Å². The molecular formula is C26H23Cl2F3N6O4. The Labute approximate surface area is 241 Å². The minimum Gasteiger partial charge on any atom is -0.481 e. The molecule has 2 atom stereocenters. The number of hydrogen-bond acceptors (Lipinski definition) is 8. The number of halogens is 5. The van der Waals surface area contributed by atoms with E-state index in [4.69, 9.17) is 32.8 Å². The van der Waals surface area contributed by atoms with Crippen molar-refractivity contribution in [1.82, 2.24) is 29.8 Å². The van der Waals surface area contributed by atoms with Gasteiger partial charge < -0.3 is 19.6 Å². The largest absolute Gasteiger partial charge is 0.481 e. The maximum absolute atomic E-state index is 14.1. The van der Waals surface area contributed by atoms with Crippen LogP contribution in [-0.2, 0) is 11.0 Å². The van der Waals surface area contributed by atoms with Gasteiger partial charge >= 0.3 is 12.1 Å². The fourth-order valence-electron chi connectivity index (χ4n) is 4.89. The van der Waals surface area contributed by atoms with Crippen molar-refractivity contribution < 1.29 is 32.7 Å². The Kier molecular flexibility index (Phi) is 8.32. The van der Waals surface area contributed by atoms with E-state index in [1.54, 1.807) is 24.3 Å². The predicted octanol–water partition coefficient (Wildman–Crippen LogP) is 5.53. The van der Waals surface area contributed by atoms with E-state index in [0.29, 0.717) is 28.9 Å². The number of aromatic nitrogens is 5. The molecule has 0 radical (unpaired) electrons. The minimum absolute atomic E-state index is 0.0390. The number of aliphatic carboxylic acids is 1. The number of alkyl halides is 3. The number of rotatable bonds is 8. The number of hydrogen-bond donors (Lipinski definition) is 2. The Hall–Kier alpha value is -3.52. The smallest absolute Gasteiger partial charge is 0.434 e. The molecule has 5 rings (SSSR count). The quantitative estimate of drug-likeness (QED) is 0.264. The summed E-state index contributed by atoms with van der Waals surface area (Å²) < 4.78 is 48.1. The van der Waals surface area contributed by atoms with E-state index < -0.39 is 35.4 Å². The summed E-state index contributed by atoms with van der Waals surface area (Å²) in [6.45, 7) is 1.72. The van der Waals surface area contributed by atoms with Crippen LogP contribution in [0.5, 0.6) is 0 Å². The van der Waals surface area contributed by atoms with Crippen LogP contribution >= 0.6 is 23.2 Å². The molecule has 1 aromatic carbocycles. The van der Waals surface area contributed by atoms with Gasteiger partial charge in [-0.3, -0.25) is 4.79 Å². The van der Waals surface area contributed by atoms with Crippen molar-refractivity contribution in [3.8, 4) is 28.7 Å². The molecule has 1 fully saturated rings. The first kappa shape index (κ1) is 29.0. The number of carbonyl (C=O) groups is 1. The molecular weight excluding hydrogens is 588 g/mol. The molecule has 4 aromatic rings. The molecule has 3 aromatic heterocycles. The number of likely N-dealkylation sites (tertiary alicyclic amines) is 1. The highest BCUT2D eigenvalue weighted by Gasteiger charge is 2.41. The summed E-state index contributed by atoms with van der Waals surface area (Å²) in [6, 6.07) is 7.84. The van der Waals surface area contributed by atoms with Crippen LogP contribution in [0, 0.1) is 5.92 Å². The Bertz CT molecular complexity index is 1540. The third-order valence-corrected chi connectivity index (χ3v) is 7.22. The molecule has 4 heterocycles. The first-order valence-corrected chi connectivity index (χ1v) is 13.3. The summed E-state index contributed by atoms with van der Waals surface area (Å²) in [5.41, 5.74) is -0.588. The maximum atomic E-state index is 14.1. The van der Waals surface area contributed by atoms with Crippen molar-refractivity contribution in [2.24, 2.45) is 5.92 Å². The Morgan fingerprint density at radius 3 is 2.63 bits per heavy atom. The molecule has 0 amide bonds. The van der Waals surface area contributed by atoms with Gasteiger partial charge in [-0.2, -0.15) is 23.3 Å². The fourth-order valence-corrected chi connectivity index (χ4v) is 5.35. The lowest BCUT2D eigenvalue weighted by Crippen LogP contribution is -2.38. The highest BCUT2D eigenvalue weighted by atomic mass is 35.5. The molecule has 216 valence electrons. The Morgan fingerprint density at radius 2 is 1.95 bits per heavy atom. The second kappa shape index (κ2) is 11.8. The normalized spacial score (nSPS) is 17.1. The zero-order valence-electron chi connectivity index (χ0n) is 21.2. The van der Waals surface area contributed by atoms with Gasteiger partial charge in [0, 0.05) is 31.3 Å². The molecule has 15 heteroatoms. The summed E-state index contributed by atoms with van der Waals surface area (Å²) in [4.78, 5) is 21.1. The number of carboxylic acids is 1. The van der Waals surface area contributed by atoms with E-state index >= 15 is 0 Å². The Morgan fingerprint density at radius 1 is 1.20 bits per heavy atom. The van der Waals surface area contributed by atoms with Crippen LogP contribution in [0.1, 0.15) is 36.6 Å². The summed E-state index contributed by atoms with van der Waals surface area (Å²) in [7, 11) is 0. The van der Waals surface area contributed by atoms with Gasteiger partial charge in [-0.1, -0.05) is 52.6 Å². The zero-order chi connectivity index (χ0) is 29.3. The van der Waals surface area contributed by atoms with Crippen LogP contribution in [0.25, 0.3) is 28.7 Å². The van der Waals surface area contributed by atoms with Gasteiger partial charge in [0.15, 0.2) is 11.5 Å². The van der Waals surface area contributed by atoms with Crippen LogP contribution in [0.3, 0.4) is 0 Å². The standard InChI is InChI=1S/C26H23Cl2F3N6O4/c27-17-9-19(28)24(32-10-17)37-22(26(29,30)31)18(11-33-37)25-34-23(35-41-25)16-5-3-15(4-6-16)20(38)13-36-7-1-2-14(12-36)8-21(39)40/h3-6,9-11,14,20,38H,1-2,7-8,12-13H2,(H,39,40)/t14-,20?/m1/s1. The van der Waals surface area contributed by atoms with Gasteiger partial charge in [-0.15, -0.1) is 0 Å². The molecule has 1 unspecified atom stereocenters. The first-order chi connectivity index (χ1) is 19.5. The number of carboxylic acid groups (broad SMARTS) is 1. The van der Waals surface area contributed by atoms with Crippen molar-refractivity contribution in [3.05, 3.63) is 64.0 Å². The van der Waals surface area contributed by atoms with Crippen LogP contribution in [0.4, 0.5) is 13.2 Å². The van der Waals surface area contributed by atoms with E-state index in [9.17, 15) is 23.1 Å². The first-order valence-electron chi connectivity index (χ1n) is 12.5. The molecule has 1 aliphatic heterocycles. The number of aliphatic hydroxyl groups is 1. The molecule has 1 saturated heterocycles. The lowest BCUT2D eigenvalue weighted by Gasteiger charge is -2.33. The lowest BCUT2D eigenvalue weighted by molar-refractivity contribution is -0.142. The average molecular weight is 611 g/mol. The highest BCUT2D eigenvalue weighted by molar-refractivity contribution is 6.35. The summed E-state index contributed by atoms with van der Waals surface area (Å²) in [6.07, 6.45) is -1.79. The van der Waals surface area contributed by atoms with Gasteiger partial charge in [0.25, 0.3) is 5.89 Å². The van der Waals surface area contributed by atoms with Crippen molar-refractivity contribution in [2.75, 3.05) is 19.6 Å². The van der Waals surface area contributed by atoms with Crippen molar-refractivity contribution in [1.29, 1.82) is 0 Å². The summed E-state index contributed by atoms with van der Waals surface area (Å²) in [5.74, 6) is -1.42. The Balaban J connectivity index is 1.34. The van der Waals surface area contributed by atoms with E-state index in [2.05, 4.69) is 20.2 Å².